The smallest absolute Gasteiger partial charge is 0.269 e. The molecule has 1 amide bonds. The lowest BCUT2D eigenvalue weighted by Gasteiger charge is -2.40. The molecule has 27 heavy (non-hydrogen) atoms. The van der Waals surface area contributed by atoms with Crippen LogP contribution in [0.25, 0.3) is 16.2 Å². The summed E-state index contributed by atoms with van der Waals surface area (Å²) in [4.78, 5) is 20.6. The Morgan fingerprint density at radius 1 is 1.26 bits per heavy atom. The molecule has 1 saturated heterocycles. The first-order chi connectivity index (χ1) is 13.0. The van der Waals surface area contributed by atoms with Crippen molar-refractivity contribution in [2.75, 3.05) is 32.8 Å². The number of nitrogens with one attached hydrogen (secondary N) is 1. The molecule has 1 aliphatic heterocycles. The predicted molar refractivity (Wildman–Crippen MR) is 107 cm³/mol. The van der Waals surface area contributed by atoms with Gasteiger partial charge in [-0.25, -0.2) is 4.98 Å². The average molecular weight is 385 g/mol. The molecule has 0 radical (unpaired) electrons. The zero-order valence-corrected chi connectivity index (χ0v) is 16.5. The number of ether oxygens (including phenoxy) is 1. The summed E-state index contributed by atoms with van der Waals surface area (Å²) in [6.45, 7) is 8.20. The van der Waals surface area contributed by atoms with Crippen LogP contribution in [0.2, 0.25) is 0 Å². The molecule has 3 aromatic rings. The number of nitrogens with zero attached hydrogens (tertiary/aromatic N) is 3. The highest BCUT2D eigenvalue weighted by molar-refractivity contribution is 7.15. The van der Waals surface area contributed by atoms with Crippen molar-refractivity contribution in [1.29, 1.82) is 0 Å². The molecule has 0 bridgehead atoms. The fraction of sp³-hybridized carbons (Fsp3) is 0.400. The Hall–Kier alpha value is -2.22. The van der Waals surface area contributed by atoms with Crippen LogP contribution < -0.4 is 5.32 Å². The lowest BCUT2D eigenvalue weighted by Crippen LogP contribution is -2.55. The van der Waals surface area contributed by atoms with Gasteiger partial charge in [-0.3, -0.25) is 14.1 Å². The molecule has 0 spiro atoms. The summed E-state index contributed by atoms with van der Waals surface area (Å²) in [7, 11) is 0. The fourth-order valence-electron chi connectivity index (χ4n) is 3.36. The minimum absolute atomic E-state index is 0.0698. The number of amides is 1. The lowest BCUT2D eigenvalue weighted by atomic mass is 10.0. The maximum atomic E-state index is 12.8. The van der Waals surface area contributed by atoms with Gasteiger partial charge in [0.1, 0.15) is 5.69 Å². The predicted octanol–water partition coefficient (Wildman–Crippen LogP) is 2.90. The van der Waals surface area contributed by atoms with Crippen LogP contribution in [0.3, 0.4) is 0 Å². The first-order valence-electron chi connectivity index (χ1n) is 9.18. The number of rotatable bonds is 5. The van der Waals surface area contributed by atoms with Gasteiger partial charge >= 0.3 is 0 Å². The molecule has 0 unspecified atom stereocenters. The average Bonchev–Trinajstić information content (AvgIpc) is 3.28. The number of hydrogen-bond donors (Lipinski definition) is 1. The summed E-state index contributed by atoms with van der Waals surface area (Å²) < 4.78 is 7.31. The first-order valence-corrected chi connectivity index (χ1v) is 10.1. The molecule has 142 valence electrons. The van der Waals surface area contributed by atoms with E-state index < -0.39 is 0 Å². The molecule has 2 aromatic heterocycles. The third-order valence-corrected chi connectivity index (χ3v) is 5.90. The van der Waals surface area contributed by atoms with Crippen molar-refractivity contribution < 1.29 is 9.53 Å². The first kappa shape index (κ1) is 18.2. The second-order valence-electron chi connectivity index (χ2n) is 7.36. The van der Waals surface area contributed by atoms with Gasteiger partial charge in [-0.15, -0.1) is 11.3 Å². The minimum atomic E-state index is -0.112. The van der Waals surface area contributed by atoms with Gasteiger partial charge in [0.05, 0.1) is 18.9 Å². The summed E-state index contributed by atoms with van der Waals surface area (Å²) in [5.74, 6) is -0.0698. The standard InChI is InChI=1S/C20H24N4O2S/c1-20(2,23-8-10-26-11-9-23)14-21-18(25)17-13-27-19-22-16(12-24(17)19)15-6-4-3-5-7-15/h3-7,12-13H,8-11,14H2,1-2H3,(H,21,25). The van der Waals surface area contributed by atoms with Crippen molar-refractivity contribution in [3.63, 3.8) is 0 Å². The Labute approximate surface area is 162 Å². The van der Waals surface area contributed by atoms with E-state index in [1.165, 1.54) is 11.3 Å². The normalized spacial score (nSPS) is 15.9. The van der Waals surface area contributed by atoms with E-state index in [2.05, 4.69) is 29.0 Å². The number of aromatic nitrogens is 2. The Morgan fingerprint density at radius 2 is 2.00 bits per heavy atom. The number of morpholine rings is 1. The van der Waals surface area contributed by atoms with E-state index in [1.807, 2.05) is 46.3 Å². The molecule has 3 heterocycles. The van der Waals surface area contributed by atoms with Crippen LogP contribution in [0.4, 0.5) is 0 Å². The summed E-state index contributed by atoms with van der Waals surface area (Å²) in [6.07, 6.45) is 1.93. The zero-order valence-electron chi connectivity index (χ0n) is 15.6. The highest BCUT2D eigenvalue weighted by Gasteiger charge is 2.29. The molecule has 1 fully saturated rings. The number of carbonyl (C=O) groups is 1. The maximum absolute atomic E-state index is 12.8. The quantitative estimate of drug-likeness (QED) is 0.735. The molecule has 4 rings (SSSR count). The summed E-state index contributed by atoms with van der Waals surface area (Å²) in [5, 5.41) is 4.97. The zero-order chi connectivity index (χ0) is 18.9. The van der Waals surface area contributed by atoms with Crippen LogP contribution in [0.1, 0.15) is 24.3 Å². The summed E-state index contributed by atoms with van der Waals surface area (Å²) in [6, 6.07) is 10.0. The molecule has 1 aliphatic rings. The van der Waals surface area contributed by atoms with E-state index >= 15 is 0 Å². The van der Waals surface area contributed by atoms with Crippen molar-refractivity contribution in [3.8, 4) is 11.3 Å². The van der Waals surface area contributed by atoms with Crippen molar-refractivity contribution in [3.05, 3.63) is 47.6 Å². The van der Waals surface area contributed by atoms with E-state index in [1.54, 1.807) is 0 Å². The van der Waals surface area contributed by atoms with Crippen LogP contribution in [-0.2, 0) is 4.74 Å². The number of benzene rings is 1. The van der Waals surface area contributed by atoms with Gasteiger partial charge in [-0.1, -0.05) is 30.3 Å². The topological polar surface area (TPSA) is 58.9 Å². The van der Waals surface area contributed by atoms with Crippen molar-refractivity contribution in [1.82, 2.24) is 19.6 Å². The van der Waals surface area contributed by atoms with Gasteiger partial charge in [-0.05, 0) is 13.8 Å². The van der Waals surface area contributed by atoms with E-state index in [-0.39, 0.29) is 11.4 Å². The van der Waals surface area contributed by atoms with E-state index in [0.717, 1.165) is 42.5 Å². The molecule has 7 heteroatoms. The third kappa shape index (κ3) is 3.76. The van der Waals surface area contributed by atoms with Crippen LogP contribution in [0, 0.1) is 0 Å². The van der Waals surface area contributed by atoms with Crippen LogP contribution in [-0.4, -0.2) is 58.6 Å². The molecule has 1 N–H and O–H groups in total. The van der Waals surface area contributed by atoms with E-state index in [4.69, 9.17) is 4.74 Å². The monoisotopic (exact) mass is 384 g/mol. The number of thiazole rings is 1. The molecule has 6 nitrogen and oxygen atoms in total. The van der Waals surface area contributed by atoms with Crippen molar-refractivity contribution in [2.24, 2.45) is 0 Å². The largest absolute Gasteiger partial charge is 0.379 e. The molecule has 0 atom stereocenters. The minimum Gasteiger partial charge on any atom is -0.379 e. The number of imidazole rings is 1. The number of hydrogen-bond acceptors (Lipinski definition) is 5. The Kier molecular flexibility index (Phi) is 4.99. The number of carbonyl (C=O) groups excluding carboxylic acids is 1. The van der Waals surface area contributed by atoms with E-state index in [0.29, 0.717) is 12.2 Å². The Morgan fingerprint density at radius 3 is 2.74 bits per heavy atom. The highest BCUT2D eigenvalue weighted by atomic mass is 32.1. The van der Waals surface area contributed by atoms with Crippen molar-refractivity contribution in [2.45, 2.75) is 19.4 Å². The molecular formula is C20H24N4O2S. The van der Waals surface area contributed by atoms with Gasteiger partial charge in [-0.2, -0.15) is 0 Å². The van der Waals surface area contributed by atoms with Crippen LogP contribution in [0.5, 0.6) is 0 Å². The molecular weight excluding hydrogens is 360 g/mol. The van der Waals surface area contributed by atoms with Gasteiger partial charge in [0, 0.05) is 42.3 Å². The van der Waals surface area contributed by atoms with Gasteiger partial charge in [0.15, 0.2) is 4.96 Å². The molecule has 0 saturated carbocycles. The van der Waals surface area contributed by atoms with Crippen LogP contribution >= 0.6 is 11.3 Å². The SMILES string of the molecule is CC(C)(CNC(=O)c1csc2nc(-c3ccccc3)cn12)N1CCOCC1. The van der Waals surface area contributed by atoms with Gasteiger partial charge in [0.2, 0.25) is 0 Å². The maximum Gasteiger partial charge on any atom is 0.269 e. The van der Waals surface area contributed by atoms with Crippen LogP contribution in [0.15, 0.2) is 41.9 Å². The molecule has 1 aromatic carbocycles. The number of fused-ring (bicyclic) bond motifs is 1. The Balaban J connectivity index is 1.48. The van der Waals surface area contributed by atoms with Gasteiger partial charge in [0.25, 0.3) is 5.91 Å². The molecule has 0 aliphatic carbocycles. The second-order valence-corrected chi connectivity index (χ2v) is 8.20. The second kappa shape index (κ2) is 7.42. The van der Waals surface area contributed by atoms with E-state index in [9.17, 15) is 4.79 Å². The fourth-order valence-corrected chi connectivity index (χ4v) is 4.22. The van der Waals surface area contributed by atoms with Crippen molar-refractivity contribution >= 4 is 22.2 Å². The highest BCUT2D eigenvalue weighted by Crippen LogP contribution is 2.23. The van der Waals surface area contributed by atoms with Gasteiger partial charge < -0.3 is 10.1 Å². The Bertz CT molecular complexity index is 926. The third-order valence-electron chi connectivity index (χ3n) is 5.06. The summed E-state index contributed by atoms with van der Waals surface area (Å²) >= 11 is 1.48. The summed E-state index contributed by atoms with van der Waals surface area (Å²) in [5.41, 5.74) is 2.44. The lowest BCUT2D eigenvalue weighted by molar-refractivity contribution is -0.00924.